The predicted molar refractivity (Wildman–Crippen MR) is 155 cm³/mol. The number of aromatic nitrogens is 4. The van der Waals surface area contributed by atoms with Crippen molar-refractivity contribution in [3.8, 4) is 5.75 Å². The van der Waals surface area contributed by atoms with Crippen LogP contribution in [0.4, 0.5) is 24.9 Å². The van der Waals surface area contributed by atoms with Gasteiger partial charge in [-0.3, -0.25) is 13.9 Å². The maximum absolute atomic E-state index is 14.6. The summed E-state index contributed by atoms with van der Waals surface area (Å²) in [4.78, 5) is 21.3. The maximum atomic E-state index is 14.6. The summed E-state index contributed by atoms with van der Waals surface area (Å²) in [7, 11) is -4.53. The lowest BCUT2D eigenvalue weighted by atomic mass is 9.98. The van der Waals surface area contributed by atoms with Crippen molar-refractivity contribution in [2.24, 2.45) is 0 Å². The highest BCUT2D eigenvalue weighted by Gasteiger charge is 2.71. The lowest BCUT2D eigenvalue weighted by Gasteiger charge is -2.32. The Morgan fingerprint density at radius 2 is 1.96 bits per heavy atom. The molecule has 246 valence electrons. The third kappa shape index (κ3) is 6.98. The number of hydrogen-bond acceptors (Lipinski definition) is 12. The Labute approximate surface area is 260 Å². The van der Waals surface area contributed by atoms with Gasteiger partial charge in [0.2, 0.25) is 10.8 Å². The second kappa shape index (κ2) is 12.5. The Morgan fingerprint density at radius 1 is 1.27 bits per heavy atom. The molecule has 2 aliphatic rings. The third-order valence-corrected chi connectivity index (χ3v) is 9.19. The highest BCUT2D eigenvalue weighted by molar-refractivity contribution is 7.52. The van der Waals surface area contributed by atoms with Gasteiger partial charge in [-0.05, 0) is 45.7 Å². The number of anilines is 2. The van der Waals surface area contributed by atoms with E-state index in [-0.39, 0.29) is 34.7 Å². The van der Waals surface area contributed by atoms with Crippen LogP contribution < -0.4 is 20.7 Å². The number of nitrogens with zero attached hydrogens (tertiary/aromatic N) is 4. The van der Waals surface area contributed by atoms with E-state index in [0.717, 1.165) is 23.7 Å². The van der Waals surface area contributed by atoms with Gasteiger partial charge in [0.15, 0.2) is 23.2 Å². The quantitative estimate of drug-likeness (QED) is 0.123. The number of benzene rings is 1. The fourth-order valence-corrected chi connectivity index (χ4v) is 6.39. The Morgan fingerprint density at radius 3 is 2.58 bits per heavy atom. The van der Waals surface area contributed by atoms with Crippen LogP contribution in [0.3, 0.4) is 0 Å². The van der Waals surface area contributed by atoms with Crippen LogP contribution in [0.25, 0.3) is 11.2 Å². The largest absolute Gasteiger partial charge is 0.462 e. The Balaban J connectivity index is 1.43. The number of nitrogen functional groups attached to an aromatic ring is 1. The number of fused-ring (bicyclic) bond motifs is 1. The number of alkyl halides is 4. The van der Waals surface area contributed by atoms with Crippen molar-refractivity contribution in [1.82, 2.24) is 24.6 Å². The van der Waals surface area contributed by atoms with Crippen LogP contribution >= 0.6 is 19.3 Å². The molecule has 0 radical (unpaired) electrons. The van der Waals surface area contributed by atoms with Crippen molar-refractivity contribution in [2.45, 2.75) is 81.3 Å². The zero-order chi connectivity index (χ0) is 32.7. The highest BCUT2D eigenvalue weighted by Crippen LogP contribution is 2.55. The molecular formula is C26H32ClF3N7O7P. The number of rotatable bonds is 12. The summed E-state index contributed by atoms with van der Waals surface area (Å²) in [5.41, 5.74) is 5.83. The number of esters is 1. The smallest absolute Gasteiger partial charge is 0.459 e. The standard InChI is InChI=1S/C26H32ClF3N7O7P/c1-13(2)42-22(39)14(3)36-45(40,44-16-7-5-4-6-8-16)41-11-17-19(38)25(27,26(28,29)30)23(43-17)37-12-32-18-20(33-15-9-10-15)34-24(31)35-21(18)37/h4-8,12-15,17,19,23,38H,9-11H2,1-3H3,(H,36,40)(H3,31,33,34,35)/t14-,17?,19+,23+,25+,45?/m0/s1. The summed E-state index contributed by atoms with van der Waals surface area (Å²) in [6.07, 6.45) is -9.35. The molecule has 2 unspecified atom stereocenters. The molecule has 1 aliphatic heterocycles. The molecule has 3 heterocycles. The van der Waals surface area contributed by atoms with Crippen molar-refractivity contribution >= 4 is 48.2 Å². The molecule has 3 aromatic rings. The molecule has 1 aromatic carbocycles. The molecule has 5 rings (SSSR count). The van der Waals surface area contributed by atoms with Gasteiger partial charge in [-0.15, -0.1) is 11.6 Å². The highest BCUT2D eigenvalue weighted by atomic mass is 35.5. The predicted octanol–water partition coefficient (Wildman–Crippen LogP) is 3.91. The molecule has 1 saturated carbocycles. The second-order valence-electron chi connectivity index (χ2n) is 10.9. The number of nitrogens with one attached hydrogen (secondary N) is 2. The molecule has 0 bridgehead atoms. The van der Waals surface area contributed by atoms with E-state index in [0.29, 0.717) is 0 Å². The van der Waals surface area contributed by atoms with Crippen molar-refractivity contribution in [3.63, 3.8) is 0 Å². The van der Waals surface area contributed by atoms with Gasteiger partial charge in [0, 0.05) is 6.04 Å². The Kier molecular flexibility index (Phi) is 9.23. The van der Waals surface area contributed by atoms with E-state index in [4.69, 9.17) is 35.9 Å². The minimum Gasteiger partial charge on any atom is -0.462 e. The van der Waals surface area contributed by atoms with E-state index in [1.54, 1.807) is 32.0 Å². The molecule has 5 N–H and O–H groups in total. The van der Waals surface area contributed by atoms with Gasteiger partial charge < -0.3 is 30.2 Å². The van der Waals surface area contributed by atoms with Crippen LogP contribution in [-0.2, 0) is 23.4 Å². The minimum atomic E-state index is -5.24. The number of hydrogen-bond donors (Lipinski definition) is 4. The van der Waals surface area contributed by atoms with Gasteiger partial charge in [0.25, 0.3) is 0 Å². The Hall–Kier alpha value is -3.21. The number of carbonyl (C=O) groups excluding carboxylic acids is 1. The van der Waals surface area contributed by atoms with Gasteiger partial charge >= 0.3 is 19.9 Å². The number of ether oxygens (including phenoxy) is 2. The first-order valence-electron chi connectivity index (χ1n) is 13.9. The lowest BCUT2D eigenvalue weighted by Crippen LogP contribution is -2.53. The summed E-state index contributed by atoms with van der Waals surface area (Å²) in [5.74, 6) is -0.751. The molecule has 45 heavy (non-hydrogen) atoms. The normalized spacial score (nSPS) is 25.7. The first-order valence-corrected chi connectivity index (χ1v) is 15.9. The van der Waals surface area contributed by atoms with Crippen LogP contribution in [0.5, 0.6) is 5.75 Å². The fourth-order valence-electron chi connectivity index (χ4n) is 4.59. The van der Waals surface area contributed by atoms with E-state index >= 15 is 0 Å². The summed E-state index contributed by atoms with van der Waals surface area (Å²) < 4.78 is 80.4. The molecule has 1 saturated heterocycles. The zero-order valence-corrected chi connectivity index (χ0v) is 25.9. The van der Waals surface area contributed by atoms with E-state index in [9.17, 15) is 27.6 Å². The number of nitrogens with two attached hydrogens (primary N) is 1. The number of carbonyl (C=O) groups is 1. The number of halogens is 4. The van der Waals surface area contributed by atoms with Crippen LogP contribution in [0, 0.1) is 0 Å². The van der Waals surface area contributed by atoms with Crippen LogP contribution in [0.15, 0.2) is 36.7 Å². The van der Waals surface area contributed by atoms with Crippen molar-refractivity contribution in [3.05, 3.63) is 36.7 Å². The summed E-state index contributed by atoms with van der Waals surface area (Å²) >= 11 is 6.21. The van der Waals surface area contributed by atoms with Gasteiger partial charge in [-0.25, -0.2) is 9.55 Å². The SMILES string of the molecule is CC(C)OC(=O)[C@H](C)NP(=O)(OCC1O[C@@H](n2cnc3c(NC4CC4)nc(N)nc32)[C@@](Cl)(C(F)(F)F)[C@@H]1O)Oc1ccccc1. The molecular weight excluding hydrogens is 646 g/mol. The summed E-state index contributed by atoms with van der Waals surface area (Å²) in [6, 6.07) is 6.59. The molecule has 0 amide bonds. The van der Waals surface area contributed by atoms with Crippen molar-refractivity contribution < 1.29 is 46.2 Å². The van der Waals surface area contributed by atoms with Gasteiger partial charge in [-0.2, -0.15) is 28.2 Å². The minimum absolute atomic E-state index is 0.0586. The molecule has 2 aromatic heterocycles. The lowest BCUT2D eigenvalue weighted by molar-refractivity contribution is -0.195. The van der Waals surface area contributed by atoms with Gasteiger partial charge in [-0.1, -0.05) is 18.2 Å². The van der Waals surface area contributed by atoms with Crippen molar-refractivity contribution in [1.29, 1.82) is 0 Å². The molecule has 14 nitrogen and oxygen atoms in total. The van der Waals surface area contributed by atoms with Gasteiger partial charge in [0.05, 0.1) is 19.0 Å². The number of imidazole rings is 1. The number of aliphatic hydroxyl groups excluding tert-OH is 1. The fraction of sp³-hybridized carbons (Fsp3) is 0.538. The molecule has 19 heteroatoms. The first-order chi connectivity index (χ1) is 21.1. The number of para-hydroxylation sites is 1. The molecule has 6 atom stereocenters. The maximum Gasteiger partial charge on any atom is 0.459 e. The van der Waals surface area contributed by atoms with E-state index in [1.807, 2.05) is 0 Å². The van der Waals surface area contributed by atoms with Crippen molar-refractivity contribution in [2.75, 3.05) is 17.7 Å². The Bertz CT molecular complexity index is 1580. The van der Waals surface area contributed by atoms with Crippen LogP contribution in [-0.4, -0.2) is 78.6 Å². The second-order valence-corrected chi connectivity index (χ2v) is 13.3. The molecule has 2 fully saturated rings. The van der Waals surface area contributed by atoms with Crippen LogP contribution in [0.2, 0.25) is 0 Å². The van der Waals surface area contributed by atoms with E-state index in [1.165, 1.54) is 19.1 Å². The van der Waals surface area contributed by atoms with Gasteiger partial charge in [0.1, 0.15) is 24.0 Å². The molecule has 1 aliphatic carbocycles. The zero-order valence-electron chi connectivity index (χ0n) is 24.3. The van der Waals surface area contributed by atoms with E-state index in [2.05, 4.69) is 25.4 Å². The molecule has 0 spiro atoms. The average molecular weight is 678 g/mol. The summed E-state index contributed by atoms with van der Waals surface area (Å²) in [6.45, 7) is 3.65. The van der Waals surface area contributed by atoms with Crippen LogP contribution in [0.1, 0.15) is 39.8 Å². The average Bonchev–Trinajstić information content (AvgIpc) is 3.61. The summed E-state index contributed by atoms with van der Waals surface area (Å²) in [5, 5.41) is 16.5. The van der Waals surface area contributed by atoms with E-state index < -0.39 is 62.0 Å². The monoisotopic (exact) mass is 677 g/mol. The first kappa shape index (κ1) is 33.2. The third-order valence-electron chi connectivity index (χ3n) is 6.92. The topological polar surface area (TPSA) is 185 Å². The number of aliphatic hydroxyl groups is 1.